The number of hydrogen-bond donors (Lipinski definition) is 0. The molecule has 23 heavy (non-hydrogen) atoms. The molecule has 3 rings (SSSR count). The molecule has 1 aromatic rings. The van der Waals surface area contributed by atoms with Crippen LogP contribution < -0.4 is 4.90 Å². The molecule has 2 aliphatic heterocycles. The second kappa shape index (κ2) is 6.11. The summed E-state index contributed by atoms with van der Waals surface area (Å²) in [5.74, 6) is -0.380. The SMILES string of the molecule is Cc1ccc(C)c(N2C(=NC(=O)CCl)SC3CS(=O)(=O)CC32)c1. The van der Waals surface area contributed by atoms with E-state index >= 15 is 0 Å². The van der Waals surface area contributed by atoms with Crippen molar-refractivity contribution >= 4 is 50.0 Å². The molecular weight excluding hydrogens is 356 g/mol. The van der Waals surface area contributed by atoms with Crippen molar-refractivity contribution in [3.8, 4) is 0 Å². The summed E-state index contributed by atoms with van der Waals surface area (Å²) in [5, 5.41) is 0.455. The summed E-state index contributed by atoms with van der Waals surface area (Å²) in [6, 6.07) is 5.82. The number of sulfone groups is 1. The van der Waals surface area contributed by atoms with E-state index in [1.807, 2.05) is 36.9 Å². The minimum Gasteiger partial charge on any atom is -0.315 e. The smallest absolute Gasteiger partial charge is 0.262 e. The van der Waals surface area contributed by atoms with Crippen molar-refractivity contribution in [3.63, 3.8) is 0 Å². The quantitative estimate of drug-likeness (QED) is 0.744. The summed E-state index contributed by atoms with van der Waals surface area (Å²) in [6.45, 7) is 3.95. The molecular formula is C15H17ClN2O3S2. The fourth-order valence-corrected chi connectivity index (χ4v) is 6.95. The summed E-state index contributed by atoms with van der Waals surface area (Å²) >= 11 is 6.93. The summed E-state index contributed by atoms with van der Waals surface area (Å²) in [7, 11) is -3.06. The van der Waals surface area contributed by atoms with Crippen LogP contribution in [0.25, 0.3) is 0 Å². The van der Waals surface area contributed by atoms with Crippen molar-refractivity contribution in [1.82, 2.24) is 0 Å². The van der Waals surface area contributed by atoms with E-state index in [1.54, 1.807) is 0 Å². The van der Waals surface area contributed by atoms with E-state index in [4.69, 9.17) is 11.6 Å². The Morgan fingerprint density at radius 3 is 2.83 bits per heavy atom. The van der Waals surface area contributed by atoms with Crippen LogP contribution in [0, 0.1) is 13.8 Å². The minimum absolute atomic E-state index is 0.0894. The van der Waals surface area contributed by atoms with E-state index in [1.165, 1.54) is 11.8 Å². The van der Waals surface area contributed by atoms with Gasteiger partial charge in [-0.2, -0.15) is 4.99 Å². The molecule has 0 saturated carbocycles. The van der Waals surface area contributed by atoms with Crippen molar-refractivity contribution < 1.29 is 13.2 Å². The molecule has 2 fully saturated rings. The average molecular weight is 373 g/mol. The van der Waals surface area contributed by atoms with Crippen molar-refractivity contribution in [2.75, 3.05) is 22.3 Å². The van der Waals surface area contributed by atoms with Gasteiger partial charge in [-0.1, -0.05) is 23.9 Å². The molecule has 5 nitrogen and oxygen atoms in total. The summed E-state index contributed by atoms with van der Waals surface area (Å²) in [6.07, 6.45) is 0. The van der Waals surface area contributed by atoms with Crippen molar-refractivity contribution in [2.45, 2.75) is 25.1 Å². The molecule has 0 radical (unpaired) electrons. The van der Waals surface area contributed by atoms with E-state index in [0.29, 0.717) is 5.17 Å². The third kappa shape index (κ3) is 3.27. The molecule has 2 heterocycles. The molecule has 0 aromatic heterocycles. The number of nitrogens with zero attached hydrogens (tertiary/aromatic N) is 2. The number of anilines is 1. The standard InChI is InChI=1S/C15H17ClN2O3S2/c1-9-3-4-10(2)11(5-9)18-12-7-23(20,21)8-13(12)22-15(18)17-14(19)6-16/h3-5,12-13H,6-8H2,1-2H3. The largest absolute Gasteiger partial charge is 0.315 e. The summed E-state index contributed by atoms with van der Waals surface area (Å²) in [4.78, 5) is 17.7. The molecule has 0 N–H and O–H groups in total. The van der Waals surface area contributed by atoms with Crippen LogP contribution in [-0.2, 0) is 14.6 Å². The number of carbonyl (C=O) groups excluding carboxylic acids is 1. The Labute approximate surface area is 145 Å². The van der Waals surface area contributed by atoms with Crippen molar-refractivity contribution in [1.29, 1.82) is 0 Å². The van der Waals surface area contributed by atoms with Crippen LogP contribution in [0.2, 0.25) is 0 Å². The van der Waals surface area contributed by atoms with E-state index in [2.05, 4.69) is 4.99 Å². The molecule has 124 valence electrons. The predicted octanol–water partition coefficient (Wildman–Crippen LogP) is 2.14. The number of rotatable bonds is 2. The van der Waals surface area contributed by atoms with Crippen molar-refractivity contribution in [3.05, 3.63) is 29.3 Å². The Morgan fingerprint density at radius 2 is 2.13 bits per heavy atom. The fourth-order valence-electron chi connectivity index (χ4n) is 2.96. The van der Waals surface area contributed by atoms with Crippen LogP contribution in [-0.4, -0.2) is 48.2 Å². The third-order valence-electron chi connectivity index (χ3n) is 4.03. The van der Waals surface area contributed by atoms with Gasteiger partial charge in [-0.3, -0.25) is 4.79 Å². The lowest BCUT2D eigenvalue weighted by atomic mass is 10.1. The highest BCUT2D eigenvalue weighted by molar-refractivity contribution is 8.16. The molecule has 1 aromatic carbocycles. The first-order chi connectivity index (χ1) is 10.8. The van der Waals surface area contributed by atoms with Gasteiger partial charge in [0.2, 0.25) is 0 Å². The maximum absolute atomic E-state index is 12.0. The normalized spacial score (nSPS) is 27.4. The van der Waals surface area contributed by atoms with E-state index in [0.717, 1.165) is 16.8 Å². The highest BCUT2D eigenvalue weighted by Crippen LogP contribution is 2.42. The monoisotopic (exact) mass is 372 g/mol. The number of amides is 1. The Morgan fingerprint density at radius 1 is 1.39 bits per heavy atom. The number of aliphatic imine (C=N–C) groups is 1. The van der Waals surface area contributed by atoms with Crippen LogP contribution in [0.5, 0.6) is 0 Å². The van der Waals surface area contributed by atoms with E-state index in [9.17, 15) is 13.2 Å². The van der Waals surface area contributed by atoms with E-state index < -0.39 is 15.7 Å². The molecule has 2 aliphatic rings. The van der Waals surface area contributed by atoms with Gasteiger partial charge in [0.05, 0.1) is 17.5 Å². The number of alkyl halides is 1. The molecule has 8 heteroatoms. The zero-order chi connectivity index (χ0) is 16.8. The van der Waals surface area contributed by atoms with Gasteiger partial charge in [-0.25, -0.2) is 8.42 Å². The first-order valence-corrected chi connectivity index (χ1v) is 10.5. The Kier molecular flexibility index (Phi) is 4.46. The molecule has 0 spiro atoms. The Bertz CT molecular complexity index is 792. The van der Waals surface area contributed by atoms with E-state index in [-0.39, 0.29) is 28.7 Å². The van der Waals surface area contributed by atoms with Crippen LogP contribution in [0.3, 0.4) is 0 Å². The minimum atomic E-state index is -3.06. The first kappa shape index (κ1) is 16.8. The first-order valence-electron chi connectivity index (χ1n) is 7.22. The van der Waals surface area contributed by atoms with Gasteiger partial charge in [-0.15, -0.1) is 11.6 Å². The second-order valence-electron chi connectivity index (χ2n) is 5.88. The zero-order valence-corrected chi connectivity index (χ0v) is 15.2. The molecule has 0 bridgehead atoms. The number of aryl methyl sites for hydroxylation is 2. The summed E-state index contributed by atoms with van der Waals surface area (Å²) < 4.78 is 24.0. The predicted molar refractivity (Wildman–Crippen MR) is 95.4 cm³/mol. The number of hydrogen-bond acceptors (Lipinski definition) is 4. The Hall–Kier alpha value is -1.05. The van der Waals surface area contributed by atoms with Crippen molar-refractivity contribution in [2.24, 2.45) is 4.99 Å². The highest BCUT2D eigenvalue weighted by Gasteiger charge is 2.49. The van der Waals surface area contributed by atoms with Gasteiger partial charge < -0.3 is 4.90 Å². The number of benzene rings is 1. The van der Waals surface area contributed by atoms with Crippen LogP contribution in [0.4, 0.5) is 5.69 Å². The zero-order valence-electron chi connectivity index (χ0n) is 12.8. The third-order valence-corrected chi connectivity index (χ3v) is 7.46. The van der Waals surface area contributed by atoms with Crippen LogP contribution >= 0.6 is 23.4 Å². The van der Waals surface area contributed by atoms with Gasteiger partial charge in [-0.05, 0) is 31.0 Å². The topological polar surface area (TPSA) is 66.8 Å². The second-order valence-corrected chi connectivity index (χ2v) is 9.51. The molecule has 1 amide bonds. The lowest BCUT2D eigenvalue weighted by Crippen LogP contribution is -2.38. The molecule has 0 aliphatic carbocycles. The average Bonchev–Trinajstić information content (AvgIpc) is 2.92. The Balaban J connectivity index is 2.08. The lowest BCUT2D eigenvalue weighted by Gasteiger charge is -2.26. The molecule has 2 unspecified atom stereocenters. The van der Waals surface area contributed by atoms with Gasteiger partial charge in [0.1, 0.15) is 5.88 Å². The number of amidine groups is 1. The molecule has 2 saturated heterocycles. The number of halogens is 1. The van der Waals surface area contributed by atoms with Gasteiger partial charge in [0.25, 0.3) is 5.91 Å². The maximum Gasteiger partial charge on any atom is 0.262 e. The number of fused-ring (bicyclic) bond motifs is 1. The highest BCUT2D eigenvalue weighted by atomic mass is 35.5. The fraction of sp³-hybridized carbons (Fsp3) is 0.467. The number of thioether (sulfide) groups is 1. The van der Waals surface area contributed by atoms with Crippen LogP contribution in [0.15, 0.2) is 23.2 Å². The number of carbonyl (C=O) groups is 1. The lowest BCUT2D eigenvalue weighted by molar-refractivity contribution is -0.115. The van der Waals surface area contributed by atoms with Gasteiger partial charge in [0.15, 0.2) is 15.0 Å². The molecule has 2 atom stereocenters. The maximum atomic E-state index is 12.0. The summed E-state index contributed by atoms with van der Waals surface area (Å²) in [5.41, 5.74) is 3.00. The van der Waals surface area contributed by atoms with Gasteiger partial charge in [0, 0.05) is 10.9 Å². The van der Waals surface area contributed by atoms with Crippen LogP contribution in [0.1, 0.15) is 11.1 Å². The van der Waals surface area contributed by atoms with Gasteiger partial charge >= 0.3 is 0 Å².